The van der Waals surface area contributed by atoms with E-state index in [4.69, 9.17) is 11.6 Å². The van der Waals surface area contributed by atoms with Gasteiger partial charge in [-0.2, -0.15) is 4.31 Å². The molecule has 5 nitrogen and oxygen atoms in total. The van der Waals surface area contributed by atoms with Crippen molar-refractivity contribution in [2.75, 3.05) is 5.75 Å². The lowest BCUT2D eigenvalue weighted by Gasteiger charge is -2.26. The molecule has 21 heavy (non-hydrogen) atoms. The number of carboxylic acid groups (broad SMARTS) is 1. The molecule has 8 heteroatoms. The SMILES string of the molecule is CCC1SCC(C(=O)O)N1S(=O)(=O)c1cc(Cl)ccc1C. The Bertz CT molecular complexity index is 662. The molecule has 0 bridgehead atoms. The summed E-state index contributed by atoms with van der Waals surface area (Å²) in [5, 5.41) is 9.23. The molecule has 0 aromatic heterocycles. The van der Waals surface area contributed by atoms with E-state index in [1.54, 1.807) is 19.1 Å². The Labute approximate surface area is 133 Å². The van der Waals surface area contributed by atoms with Crippen LogP contribution in [-0.4, -0.2) is 41.0 Å². The molecule has 1 heterocycles. The van der Waals surface area contributed by atoms with Gasteiger partial charge in [0.1, 0.15) is 6.04 Å². The first-order valence-corrected chi connectivity index (χ1v) is 9.29. The molecule has 0 radical (unpaired) electrons. The number of carbonyl (C=O) groups is 1. The number of halogens is 1. The molecule has 1 aromatic carbocycles. The van der Waals surface area contributed by atoms with Crippen molar-refractivity contribution in [1.29, 1.82) is 0 Å². The highest BCUT2D eigenvalue weighted by molar-refractivity contribution is 8.01. The van der Waals surface area contributed by atoms with Gasteiger partial charge in [-0.1, -0.05) is 24.6 Å². The third-order valence-electron chi connectivity index (χ3n) is 3.38. The molecule has 0 amide bonds. The normalized spacial score (nSPS) is 23.4. The number of carboxylic acids is 1. The second-order valence-corrected chi connectivity index (χ2v) is 8.25. The third kappa shape index (κ3) is 3.06. The number of aliphatic carboxylic acids is 1. The molecule has 1 aliphatic rings. The third-order valence-corrected chi connectivity index (χ3v) is 7.26. The van der Waals surface area contributed by atoms with Crippen LogP contribution in [-0.2, 0) is 14.8 Å². The smallest absolute Gasteiger partial charge is 0.322 e. The van der Waals surface area contributed by atoms with Crippen LogP contribution in [0.1, 0.15) is 18.9 Å². The number of hydrogen-bond donors (Lipinski definition) is 1. The van der Waals surface area contributed by atoms with Crippen LogP contribution < -0.4 is 0 Å². The zero-order valence-electron chi connectivity index (χ0n) is 11.6. The van der Waals surface area contributed by atoms with E-state index in [0.29, 0.717) is 17.0 Å². The summed E-state index contributed by atoms with van der Waals surface area (Å²) >= 11 is 7.25. The topological polar surface area (TPSA) is 74.7 Å². The maximum Gasteiger partial charge on any atom is 0.322 e. The van der Waals surface area contributed by atoms with Gasteiger partial charge in [-0.15, -0.1) is 11.8 Å². The van der Waals surface area contributed by atoms with Crippen molar-refractivity contribution in [3.63, 3.8) is 0 Å². The van der Waals surface area contributed by atoms with E-state index in [-0.39, 0.29) is 16.0 Å². The number of rotatable bonds is 4. The van der Waals surface area contributed by atoms with Crippen molar-refractivity contribution in [3.05, 3.63) is 28.8 Å². The van der Waals surface area contributed by atoms with Crippen molar-refractivity contribution >= 4 is 39.4 Å². The summed E-state index contributed by atoms with van der Waals surface area (Å²) < 4.78 is 26.9. The van der Waals surface area contributed by atoms with Gasteiger partial charge in [0.15, 0.2) is 0 Å². The fourth-order valence-corrected chi connectivity index (χ4v) is 6.34. The van der Waals surface area contributed by atoms with Crippen molar-refractivity contribution in [3.8, 4) is 0 Å². The van der Waals surface area contributed by atoms with Crippen LogP contribution in [0, 0.1) is 6.92 Å². The van der Waals surface area contributed by atoms with Crippen LogP contribution in [0.5, 0.6) is 0 Å². The van der Waals surface area contributed by atoms with Gasteiger partial charge in [-0.3, -0.25) is 4.79 Å². The second kappa shape index (κ2) is 6.16. The van der Waals surface area contributed by atoms with Crippen LogP contribution in [0.2, 0.25) is 5.02 Å². The summed E-state index contributed by atoms with van der Waals surface area (Å²) in [6, 6.07) is 3.57. The van der Waals surface area contributed by atoms with Crippen molar-refractivity contribution in [1.82, 2.24) is 4.31 Å². The lowest BCUT2D eigenvalue weighted by atomic mass is 10.2. The van der Waals surface area contributed by atoms with Crippen molar-refractivity contribution in [2.24, 2.45) is 0 Å². The summed E-state index contributed by atoms with van der Waals surface area (Å²) in [6.45, 7) is 3.51. The van der Waals surface area contributed by atoms with Gasteiger partial charge in [-0.05, 0) is 31.0 Å². The Hall–Kier alpha value is -0.760. The highest BCUT2D eigenvalue weighted by Gasteiger charge is 2.46. The van der Waals surface area contributed by atoms with E-state index < -0.39 is 22.0 Å². The first kappa shape index (κ1) is 16.6. The lowest BCUT2D eigenvalue weighted by Crippen LogP contribution is -2.45. The zero-order chi connectivity index (χ0) is 15.8. The Balaban J connectivity index is 2.54. The van der Waals surface area contributed by atoms with Crippen LogP contribution >= 0.6 is 23.4 Å². The van der Waals surface area contributed by atoms with Crippen LogP contribution in [0.3, 0.4) is 0 Å². The van der Waals surface area contributed by atoms with Gasteiger partial charge < -0.3 is 5.11 Å². The molecule has 1 aliphatic heterocycles. The molecule has 1 fully saturated rings. The zero-order valence-corrected chi connectivity index (χ0v) is 14.0. The van der Waals surface area contributed by atoms with Crippen LogP contribution in [0.25, 0.3) is 0 Å². The predicted molar refractivity (Wildman–Crippen MR) is 83.2 cm³/mol. The molecule has 2 rings (SSSR count). The summed E-state index contributed by atoms with van der Waals surface area (Å²) in [7, 11) is -3.90. The van der Waals surface area contributed by atoms with Gasteiger partial charge >= 0.3 is 5.97 Å². The van der Waals surface area contributed by atoms with E-state index in [2.05, 4.69) is 0 Å². The first-order chi connectivity index (χ1) is 9.78. The second-order valence-electron chi connectivity index (χ2n) is 4.80. The first-order valence-electron chi connectivity index (χ1n) is 6.43. The summed E-state index contributed by atoms with van der Waals surface area (Å²) in [5.41, 5.74) is 0.551. The van der Waals surface area contributed by atoms with E-state index in [0.717, 1.165) is 4.31 Å². The molecule has 2 unspecified atom stereocenters. The van der Waals surface area contributed by atoms with Gasteiger partial charge in [0.2, 0.25) is 10.0 Å². The van der Waals surface area contributed by atoms with Gasteiger partial charge in [0.05, 0.1) is 10.3 Å². The fraction of sp³-hybridized carbons (Fsp3) is 0.462. The molecule has 0 saturated carbocycles. The fourth-order valence-electron chi connectivity index (χ4n) is 2.32. The number of nitrogens with zero attached hydrogens (tertiary/aromatic N) is 1. The van der Waals surface area contributed by atoms with Gasteiger partial charge in [0, 0.05) is 10.8 Å². The summed E-state index contributed by atoms with van der Waals surface area (Å²) in [4.78, 5) is 11.4. The number of thioether (sulfide) groups is 1. The molecule has 1 saturated heterocycles. The molecule has 1 N–H and O–H groups in total. The van der Waals surface area contributed by atoms with E-state index >= 15 is 0 Å². The standard InChI is InChI=1S/C13H16ClNO4S2/c1-3-12-15(10(7-20-12)13(16)17)21(18,19)11-6-9(14)5-4-8(11)2/h4-6,10,12H,3,7H2,1-2H3,(H,16,17). The molecule has 1 aromatic rings. The van der Waals surface area contributed by atoms with Gasteiger partial charge in [-0.25, -0.2) is 8.42 Å². The minimum Gasteiger partial charge on any atom is -0.480 e. The van der Waals surface area contributed by atoms with Crippen molar-refractivity contribution < 1.29 is 18.3 Å². The lowest BCUT2D eigenvalue weighted by molar-refractivity contribution is -0.140. The number of sulfonamides is 1. The monoisotopic (exact) mass is 349 g/mol. The highest BCUT2D eigenvalue weighted by Crippen LogP contribution is 2.37. The number of benzene rings is 1. The summed E-state index contributed by atoms with van der Waals surface area (Å²) in [6.07, 6.45) is 0.549. The Kier molecular flexibility index (Phi) is 4.87. The Morgan fingerprint density at radius 2 is 2.19 bits per heavy atom. The largest absolute Gasteiger partial charge is 0.480 e. The molecular formula is C13H16ClNO4S2. The predicted octanol–water partition coefficient (Wildman–Crippen LogP) is 2.58. The molecule has 2 atom stereocenters. The van der Waals surface area contributed by atoms with E-state index in [9.17, 15) is 18.3 Å². The number of hydrogen-bond acceptors (Lipinski definition) is 4. The van der Waals surface area contributed by atoms with E-state index in [1.807, 2.05) is 6.92 Å². The van der Waals surface area contributed by atoms with Crippen molar-refractivity contribution in [2.45, 2.75) is 36.6 Å². The average molecular weight is 350 g/mol. The minimum atomic E-state index is -3.90. The molecule has 0 spiro atoms. The molecular weight excluding hydrogens is 334 g/mol. The molecule has 0 aliphatic carbocycles. The quantitative estimate of drug-likeness (QED) is 0.904. The Morgan fingerprint density at radius 1 is 1.52 bits per heavy atom. The average Bonchev–Trinajstić information content (AvgIpc) is 2.86. The summed E-state index contributed by atoms with van der Waals surface area (Å²) in [5.74, 6) is -0.867. The van der Waals surface area contributed by atoms with Crippen LogP contribution in [0.15, 0.2) is 23.1 Å². The van der Waals surface area contributed by atoms with E-state index in [1.165, 1.54) is 17.8 Å². The number of aryl methyl sites for hydroxylation is 1. The highest BCUT2D eigenvalue weighted by atomic mass is 35.5. The Morgan fingerprint density at radius 3 is 2.76 bits per heavy atom. The molecule has 116 valence electrons. The maximum atomic E-state index is 12.9. The minimum absolute atomic E-state index is 0.0715. The van der Waals surface area contributed by atoms with Gasteiger partial charge in [0.25, 0.3) is 0 Å². The maximum absolute atomic E-state index is 12.9. The van der Waals surface area contributed by atoms with Crippen LogP contribution in [0.4, 0.5) is 0 Å².